The van der Waals surface area contributed by atoms with E-state index in [1.807, 2.05) is 0 Å². The molecule has 1 fully saturated rings. The van der Waals surface area contributed by atoms with Crippen LogP contribution in [0.2, 0.25) is 0 Å². The fourth-order valence-corrected chi connectivity index (χ4v) is 2.58. The Balaban J connectivity index is 1.44. The first kappa shape index (κ1) is 17.1. The van der Waals surface area contributed by atoms with E-state index in [0.29, 0.717) is 38.6 Å². The quantitative estimate of drug-likeness (QED) is 0.808. The van der Waals surface area contributed by atoms with Crippen molar-refractivity contribution in [3.63, 3.8) is 0 Å². The first-order valence-corrected chi connectivity index (χ1v) is 8.12. The van der Waals surface area contributed by atoms with E-state index in [9.17, 15) is 9.18 Å². The van der Waals surface area contributed by atoms with Gasteiger partial charge in [0.25, 0.3) is 0 Å². The number of hydrogen-bond acceptors (Lipinski definition) is 5. The van der Waals surface area contributed by atoms with Crippen LogP contribution in [0.1, 0.15) is 11.7 Å². The second kappa shape index (κ2) is 8.39. The van der Waals surface area contributed by atoms with Crippen molar-refractivity contribution in [3.05, 3.63) is 54.2 Å². The maximum Gasteiger partial charge on any atom is 0.317 e. The van der Waals surface area contributed by atoms with Crippen LogP contribution in [-0.4, -0.2) is 53.7 Å². The summed E-state index contributed by atoms with van der Waals surface area (Å²) in [7, 11) is 0. The molecule has 25 heavy (non-hydrogen) atoms. The number of rotatable bonds is 5. The minimum absolute atomic E-state index is 0.142. The molecule has 0 bridgehead atoms. The number of ether oxygens (including phenoxy) is 1. The highest BCUT2D eigenvalue weighted by atomic mass is 19.1. The van der Waals surface area contributed by atoms with Crippen LogP contribution in [-0.2, 0) is 4.74 Å². The molecule has 0 spiro atoms. The second-order valence-corrected chi connectivity index (χ2v) is 5.61. The number of benzene rings is 1. The molecule has 2 heterocycles. The summed E-state index contributed by atoms with van der Waals surface area (Å²) in [4.78, 5) is 22.0. The Morgan fingerprint density at radius 2 is 2.12 bits per heavy atom. The smallest absolute Gasteiger partial charge is 0.317 e. The number of halogens is 1. The van der Waals surface area contributed by atoms with E-state index in [1.165, 1.54) is 12.1 Å². The molecule has 1 aliphatic rings. The van der Waals surface area contributed by atoms with Crippen LogP contribution in [0.3, 0.4) is 0 Å². The van der Waals surface area contributed by atoms with Crippen molar-refractivity contribution >= 4 is 11.8 Å². The van der Waals surface area contributed by atoms with Gasteiger partial charge in [-0.05, 0) is 17.7 Å². The lowest BCUT2D eigenvalue weighted by Gasteiger charge is -2.33. The van der Waals surface area contributed by atoms with E-state index >= 15 is 0 Å². The Bertz CT molecular complexity index is 683. The summed E-state index contributed by atoms with van der Waals surface area (Å²) in [6.45, 7) is 2.44. The number of nitrogens with one attached hydrogen (secondary N) is 2. The van der Waals surface area contributed by atoms with Gasteiger partial charge in [0, 0.05) is 32.0 Å². The maximum atomic E-state index is 13.0. The molecule has 2 amide bonds. The Morgan fingerprint density at radius 1 is 1.28 bits per heavy atom. The Hall–Kier alpha value is -2.74. The predicted molar refractivity (Wildman–Crippen MR) is 90.6 cm³/mol. The molecule has 1 aromatic heterocycles. The van der Waals surface area contributed by atoms with Crippen molar-refractivity contribution in [2.45, 2.75) is 6.10 Å². The van der Waals surface area contributed by atoms with Gasteiger partial charge >= 0.3 is 6.03 Å². The number of carbonyl (C=O) groups excluding carboxylic acids is 1. The van der Waals surface area contributed by atoms with Gasteiger partial charge in [0.1, 0.15) is 17.7 Å². The molecule has 8 heteroatoms. The lowest BCUT2D eigenvalue weighted by molar-refractivity contribution is -0.0154. The van der Waals surface area contributed by atoms with Crippen LogP contribution in [0.4, 0.5) is 15.0 Å². The first-order chi connectivity index (χ1) is 12.2. The molecule has 0 radical (unpaired) electrons. The van der Waals surface area contributed by atoms with Gasteiger partial charge in [-0.2, -0.15) is 0 Å². The highest BCUT2D eigenvalue weighted by molar-refractivity contribution is 5.74. The fraction of sp³-hybridized carbons (Fsp3) is 0.353. The minimum Gasteiger partial charge on any atom is -0.370 e. The molecule has 7 nitrogen and oxygen atoms in total. The number of carbonyl (C=O) groups is 1. The van der Waals surface area contributed by atoms with Gasteiger partial charge in [0.15, 0.2) is 0 Å². The summed E-state index contributed by atoms with van der Waals surface area (Å²) < 4.78 is 18.7. The van der Waals surface area contributed by atoms with Crippen LogP contribution in [0.15, 0.2) is 42.9 Å². The number of nitrogens with zero attached hydrogens (tertiary/aromatic N) is 3. The molecule has 0 aliphatic carbocycles. The third kappa shape index (κ3) is 4.87. The Morgan fingerprint density at radius 3 is 2.88 bits per heavy atom. The van der Waals surface area contributed by atoms with Crippen molar-refractivity contribution in [2.75, 3.05) is 38.1 Å². The lowest BCUT2D eigenvalue weighted by Crippen LogP contribution is -2.48. The zero-order chi connectivity index (χ0) is 17.5. The zero-order valence-corrected chi connectivity index (χ0v) is 13.7. The van der Waals surface area contributed by atoms with Gasteiger partial charge in [0.05, 0.1) is 19.3 Å². The molecule has 2 aromatic rings. The molecule has 3 rings (SSSR count). The summed E-state index contributed by atoms with van der Waals surface area (Å²) in [5, 5.41) is 5.94. The number of anilines is 1. The molecule has 132 valence electrons. The molecule has 1 atom stereocenters. The summed E-state index contributed by atoms with van der Waals surface area (Å²) >= 11 is 0. The monoisotopic (exact) mass is 345 g/mol. The average Bonchev–Trinajstić information content (AvgIpc) is 2.66. The number of hydrogen-bond donors (Lipinski definition) is 2. The molecule has 1 aliphatic heterocycles. The van der Waals surface area contributed by atoms with Crippen molar-refractivity contribution in [1.82, 2.24) is 20.2 Å². The van der Waals surface area contributed by atoms with Gasteiger partial charge in [-0.1, -0.05) is 12.1 Å². The molecule has 1 unspecified atom stereocenters. The average molecular weight is 345 g/mol. The van der Waals surface area contributed by atoms with Crippen LogP contribution >= 0.6 is 0 Å². The maximum absolute atomic E-state index is 13.0. The standard InChI is InChI=1S/C17H20FN5O2/c18-14-3-1-13(2-4-14)15-12-23(9-10-25-15)17(24)22-8-7-21-16-11-19-5-6-20-16/h1-6,11,15H,7-10,12H2,(H,20,21)(H,22,24). The van der Waals surface area contributed by atoms with Crippen LogP contribution in [0.5, 0.6) is 0 Å². The van der Waals surface area contributed by atoms with Crippen molar-refractivity contribution in [3.8, 4) is 0 Å². The Kier molecular flexibility index (Phi) is 5.73. The van der Waals surface area contributed by atoms with Gasteiger partial charge in [0.2, 0.25) is 0 Å². The normalized spacial score (nSPS) is 17.2. The van der Waals surface area contributed by atoms with E-state index in [0.717, 1.165) is 5.56 Å². The highest BCUT2D eigenvalue weighted by Crippen LogP contribution is 2.22. The van der Waals surface area contributed by atoms with Crippen molar-refractivity contribution < 1.29 is 13.9 Å². The summed E-state index contributed by atoms with van der Waals surface area (Å²) in [5.74, 6) is 0.379. The minimum atomic E-state index is -0.287. The molecular weight excluding hydrogens is 325 g/mol. The van der Waals surface area contributed by atoms with E-state index in [4.69, 9.17) is 4.74 Å². The fourth-order valence-electron chi connectivity index (χ4n) is 2.58. The first-order valence-electron chi connectivity index (χ1n) is 8.12. The van der Waals surface area contributed by atoms with Gasteiger partial charge in [-0.15, -0.1) is 0 Å². The molecule has 2 N–H and O–H groups in total. The summed E-state index contributed by atoms with van der Waals surface area (Å²) in [6.07, 6.45) is 4.59. The van der Waals surface area contributed by atoms with E-state index in [1.54, 1.807) is 35.6 Å². The molecule has 1 aromatic carbocycles. The Labute approximate surface area is 145 Å². The number of urea groups is 1. The zero-order valence-electron chi connectivity index (χ0n) is 13.7. The van der Waals surface area contributed by atoms with Crippen LogP contribution in [0.25, 0.3) is 0 Å². The van der Waals surface area contributed by atoms with E-state index in [-0.39, 0.29) is 18.0 Å². The SMILES string of the molecule is O=C(NCCNc1cnccn1)N1CCOC(c2ccc(F)cc2)C1. The third-order valence-electron chi connectivity index (χ3n) is 3.87. The lowest BCUT2D eigenvalue weighted by atomic mass is 10.1. The largest absolute Gasteiger partial charge is 0.370 e. The van der Waals surface area contributed by atoms with Gasteiger partial charge < -0.3 is 20.3 Å². The number of morpholine rings is 1. The number of aromatic nitrogens is 2. The van der Waals surface area contributed by atoms with Crippen LogP contribution < -0.4 is 10.6 Å². The van der Waals surface area contributed by atoms with Crippen molar-refractivity contribution in [2.24, 2.45) is 0 Å². The van der Waals surface area contributed by atoms with Gasteiger partial charge in [-0.3, -0.25) is 4.98 Å². The summed E-state index contributed by atoms with van der Waals surface area (Å²) in [6, 6.07) is 6.03. The molecular formula is C17H20FN5O2. The van der Waals surface area contributed by atoms with E-state index < -0.39 is 0 Å². The highest BCUT2D eigenvalue weighted by Gasteiger charge is 2.25. The topological polar surface area (TPSA) is 79.4 Å². The van der Waals surface area contributed by atoms with Crippen LogP contribution in [0, 0.1) is 5.82 Å². The molecule has 0 saturated carbocycles. The summed E-state index contributed by atoms with van der Waals surface area (Å²) in [5.41, 5.74) is 0.864. The molecule has 1 saturated heterocycles. The second-order valence-electron chi connectivity index (χ2n) is 5.61. The predicted octanol–water partition coefficient (Wildman–Crippen LogP) is 1.81. The van der Waals surface area contributed by atoms with E-state index in [2.05, 4.69) is 20.6 Å². The van der Waals surface area contributed by atoms with Gasteiger partial charge in [-0.25, -0.2) is 14.2 Å². The number of amides is 2. The third-order valence-corrected chi connectivity index (χ3v) is 3.87. The van der Waals surface area contributed by atoms with Crippen molar-refractivity contribution in [1.29, 1.82) is 0 Å².